The summed E-state index contributed by atoms with van der Waals surface area (Å²) in [6.07, 6.45) is -0.784. The zero-order chi connectivity index (χ0) is 14.3. The summed E-state index contributed by atoms with van der Waals surface area (Å²) in [5.74, 6) is -0.328. The van der Waals surface area contributed by atoms with Gasteiger partial charge in [-0.15, -0.1) is 11.3 Å². The zero-order valence-electron chi connectivity index (χ0n) is 10.1. The van der Waals surface area contributed by atoms with Crippen LogP contribution in [0.2, 0.25) is 0 Å². The molecule has 0 aliphatic carbocycles. The van der Waals surface area contributed by atoms with Crippen molar-refractivity contribution in [2.75, 3.05) is 0 Å². The highest BCUT2D eigenvalue weighted by molar-refractivity contribution is 9.11. The van der Waals surface area contributed by atoms with Gasteiger partial charge in [0, 0.05) is 19.2 Å². The lowest BCUT2D eigenvalue weighted by molar-refractivity contribution is 0.221. The van der Waals surface area contributed by atoms with Gasteiger partial charge in [-0.2, -0.15) is 0 Å². The van der Waals surface area contributed by atoms with E-state index in [-0.39, 0.29) is 5.82 Å². The topological polar surface area (TPSA) is 20.2 Å². The molecule has 0 amide bonds. The summed E-state index contributed by atoms with van der Waals surface area (Å²) < 4.78 is 15.8. The maximum atomic E-state index is 13.1. The molecule has 0 aliphatic rings. The van der Waals surface area contributed by atoms with E-state index in [1.807, 2.05) is 23.6 Å². The maximum Gasteiger partial charge on any atom is 0.124 e. The molecule has 1 N–H and O–H groups in total. The van der Waals surface area contributed by atoms with Crippen LogP contribution in [0.4, 0.5) is 4.39 Å². The predicted molar refractivity (Wildman–Crippen MR) is 87.7 cm³/mol. The minimum absolute atomic E-state index is 0.328. The molecular weight excluding hydrogens is 407 g/mol. The summed E-state index contributed by atoms with van der Waals surface area (Å²) in [5.41, 5.74) is 1.49. The Morgan fingerprint density at radius 2 is 1.85 bits per heavy atom. The predicted octanol–water partition coefficient (Wildman–Crippen LogP) is 5.65. The lowest BCUT2D eigenvalue weighted by Gasteiger charge is -2.12. The van der Waals surface area contributed by atoms with Crippen molar-refractivity contribution in [3.63, 3.8) is 0 Å². The van der Waals surface area contributed by atoms with Crippen LogP contribution in [0.25, 0.3) is 10.1 Å². The van der Waals surface area contributed by atoms with Crippen LogP contribution < -0.4 is 0 Å². The van der Waals surface area contributed by atoms with Gasteiger partial charge in [0.15, 0.2) is 0 Å². The second-order valence-corrected chi connectivity index (χ2v) is 6.96. The van der Waals surface area contributed by atoms with Crippen molar-refractivity contribution in [2.24, 2.45) is 0 Å². The quantitative estimate of drug-likeness (QED) is 0.573. The number of benzene rings is 2. The van der Waals surface area contributed by atoms with Crippen LogP contribution in [-0.4, -0.2) is 5.11 Å². The molecule has 0 aliphatic heterocycles. The van der Waals surface area contributed by atoms with Gasteiger partial charge in [-0.05, 0) is 50.5 Å². The fourth-order valence-electron chi connectivity index (χ4n) is 2.14. The van der Waals surface area contributed by atoms with Crippen LogP contribution >= 0.6 is 43.2 Å². The Morgan fingerprint density at radius 1 is 1.05 bits per heavy atom. The number of fused-ring (bicyclic) bond motifs is 1. The van der Waals surface area contributed by atoms with E-state index in [1.54, 1.807) is 17.4 Å². The van der Waals surface area contributed by atoms with Gasteiger partial charge in [-0.25, -0.2) is 4.39 Å². The van der Waals surface area contributed by atoms with E-state index in [4.69, 9.17) is 0 Å². The van der Waals surface area contributed by atoms with Gasteiger partial charge >= 0.3 is 0 Å². The van der Waals surface area contributed by atoms with Crippen molar-refractivity contribution in [1.29, 1.82) is 0 Å². The average Bonchev–Trinajstić information content (AvgIpc) is 2.83. The van der Waals surface area contributed by atoms with Gasteiger partial charge in [0.1, 0.15) is 11.9 Å². The number of aliphatic hydroxyl groups is 1. The lowest BCUT2D eigenvalue weighted by atomic mass is 10.0. The van der Waals surface area contributed by atoms with Crippen LogP contribution in [0.1, 0.15) is 17.2 Å². The molecule has 5 heteroatoms. The van der Waals surface area contributed by atoms with Gasteiger partial charge in [0.25, 0.3) is 0 Å². The molecule has 0 fully saturated rings. The summed E-state index contributed by atoms with van der Waals surface area (Å²) in [7, 11) is 0. The van der Waals surface area contributed by atoms with Gasteiger partial charge < -0.3 is 5.11 Å². The van der Waals surface area contributed by atoms with E-state index in [9.17, 15) is 9.50 Å². The maximum absolute atomic E-state index is 13.1. The van der Waals surface area contributed by atoms with Crippen LogP contribution in [-0.2, 0) is 0 Å². The molecule has 1 nitrogen and oxygen atoms in total. The third-order valence-corrected chi connectivity index (χ3v) is 5.79. The van der Waals surface area contributed by atoms with Crippen LogP contribution in [0.3, 0.4) is 0 Å². The fourth-order valence-corrected chi connectivity index (χ4v) is 4.35. The summed E-state index contributed by atoms with van der Waals surface area (Å²) >= 11 is 8.39. The number of aliphatic hydroxyl groups excluding tert-OH is 1. The Kier molecular flexibility index (Phi) is 3.95. The molecule has 3 rings (SSSR count). The smallest absolute Gasteiger partial charge is 0.124 e. The number of halogens is 3. The van der Waals surface area contributed by atoms with Gasteiger partial charge in [-0.3, -0.25) is 0 Å². The molecule has 0 saturated carbocycles. The van der Waals surface area contributed by atoms with E-state index in [0.29, 0.717) is 10.0 Å². The third kappa shape index (κ3) is 2.44. The molecule has 0 radical (unpaired) electrons. The minimum atomic E-state index is -0.784. The van der Waals surface area contributed by atoms with Crippen molar-refractivity contribution < 1.29 is 9.50 Å². The first-order valence-electron chi connectivity index (χ1n) is 5.86. The van der Waals surface area contributed by atoms with E-state index in [0.717, 1.165) is 20.1 Å². The molecule has 3 aromatic rings. The number of hydrogen-bond acceptors (Lipinski definition) is 2. The Labute approximate surface area is 136 Å². The van der Waals surface area contributed by atoms with Gasteiger partial charge in [0.05, 0.1) is 0 Å². The molecule has 2 aromatic carbocycles. The third-order valence-electron chi connectivity index (χ3n) is 3.13. The van der Waals surface area contributed by atoms with Gasteiger partial charge in [0.2, 0.25) is 0 Å². The van der Waals surface area contributed by atoms with Crippen molar-refractivity contribution in [1.82, 2.24) is 0 Å². The molecule has 0 bridgehead atoms. The van der Waals surface area contributed by atoms with Crippen molar-refractivity contribution in [3.05, 3.63) is 67.7 Å². The highest BCUT2D eigenvalue weighted by Crippen LogP contribution is 2.38. The van der Waals surface area contributed by atoms with E-state index < -0.39 is 6.10 Å². The number of hydrogen-bond donors (Lipinski definition) is 1. The molecular formula is C15H9Br2FOS. The number of thiophene rings is 1. The SMILES string of the molecule is OC(c1ccc(F)cc1Br)c1csc2c(Br)cccc12. The lowest BCUT2D eigenvalue weighted by Crippen LogP contribution is -2.00. The van der Waals surface area contributed by atoms with E-state index in [1.165, 1.54) is 12.1 Å². The second-order valence-electron chi connectivity index (χ2n) is 4.38. The molecule has 1 aromatic heterocycles. The molecule has 0 saturated heterocycles. The first-order valence-corrected chi connectivity index (χ1v) is 8.33. The van der Waals surface area contributed by atoms with Crippen molar-refractivity contribution >= 4 is 53.3 Å². The first kappa shape index (κ1) is 14.2. The van der Waals surface area contributed by atoms with Crippen LogP contribution in [0.5, 0.6) is 0 Å². The standard InChI is InChI=1S/C15H9Br2FOS/c16-12-3-1-2-9-11(7-20-15(9)12)14(19)10-5-4-8(18)6-13(10)17/h1-7,14,19H. The summed E-state index contributed by atoms with van der Waals surface area (Å²) in [6, 6.07) is 10.2. The number of rotatable bonds is 2. The van der Waals surface area contributed by atoms with E-state index in [2.05, 4.69) is 31.9 Å². The highest BCUT2D eigenvalue weighted by atomic mass is 79.9. The Hall–Kier alpha value is -0.750. The van der Waals surface area contributed by atoms with Crippen molar-refractivity contribution in [3.8, 4) is 0 Å². The minimum Gasteiger partial charge on any atom is -0.384 e. The van der Waals surface area contributed by atoms with Crippen molar-refractivity contribution in [2.45, 2.75) is 6.10 Å². The normalized spacial score (nSPS) is 12.8. The molecule has 1 heterocycles. The molecule has 1 atom stereocenters. The molecule has 0 spiro atoms. The second kappa shape index (κ2) is 5.56. The van der Waals surface area contributed by atoms with Gasteiger partial charge in [-0.1, -0.05) is 34.1 Å². The largest absolute Gasteiger partial charge is 0.384 e. The zero-order valence-corrected chi connectivity index (χ0v) is 14.1. The summed E-state index contributed by atoms with van der Waals surface area (Å²) in [4.78, 5) is 0. The monoisotopic (exact) mass is 414 g/mol. The van der Waals surface area contributed by atoms with E-state index >= 15 is 0 Å². The van der Waals surface area contributed by atoms with Crippen LogP contribution in [0, 0.1) is 5.82 Å². The fraction of sp³-hybridized carbons (Fsp3) is 0.0667. The summed E-state index contributed by atoms with van der Waals surface area (Å²) in [6.45, 7) is 0. The summed E-state index contributed by atoms with van der Waals surface area (Å²) in [5, 5.41) is 13.5. The molecule has 1 unspecified atom stereocenters. The average molecular weight is 416 g/mol. The molecule has 102 valence electrons. The molecule has 20 heavy (non-hydrogen) atoms. The Balaban J connectivity index is 2.13. The van der Waals surface area contributed by atoms with Crippen LogP contribution in [0.15, 0.2) is 50.7 Å². The Bertz CT molecular complexity index is 785. The Morgan fingerprint density at radius 3 is 2.60 bits per heavy atom. The highest BCUT2D eigenvalue weighted by Gasteiger charge is 2.18. The first-order chi connectivity index (χ1) is 9.58.